The third kappa shape index (κ3) is 5.85. The molecule has 0 bridgehead atoms. The van der Waals surface area contributed by atoms with Gasteiger partial charge in [0.2, 0.25) is 5.90 Å². The fourth-order valence-electron chi connectivity index (χ4n) is 3.41. The van der Waals surface area contributed by atoms with Crippen LogP contribution in [0.2, 0.25) is 5.02 Å². The van der Waals surface area contributed by atoms with E-state index in [-0.39, 0.29) is 17.3 Å². The molecule has 3 aromatic carbocycles. The number of carbonyl (C=O) groups is 1. The largest absolute Gasteiger partial charge is 0.490 e. The zero-order valence-electron chi connectivity index (χ0n) is 18.8. The third-order valence-corrected chi connectivity index (χ3v) is 5.34. The number of hydrogen-bond acceptors (Lipinski definition) is 7. The Morgan fingerprint density at radius 1 is 1.09 bits per heavy atom. The summed E-state index contributed by atoms with van der Waals surface area (Å²) in [5.74, 6) is 0.297. The Bertz CT molecular complexity index is 1300. The molecule has 0 aliphatic carbocycles. The normalized spacial score (nSPS) is 13.9. The van der Waals surface area contributed by atoms with E-state index in [4.69, 9.17) is 25.8 Å². The number of non-ortho nitro benzene ring substituents is 1. The highest BCUT2D eigenvalue weighted by atomic mass is 35.5. The minimum atomic E-state index is -0.643. The molecular formula is C26H21ClN2O6. The van der Waals surface area contributed by atoms with Gasteiger partial charge in [-0.15, -0.1) is 0 Å². The van der Waals surface area contributed by atoms with E-state index in [9.17, 15) is 14.9 Å². The van der Waals surface area contributed by atoms with Crippen LogP contribution >= 0.6 is 11.6 Å². The smallest absolute Gasteiger partial charge is 0.363 e. The molecule has 1 aliphatic rings. The highest BCUT2D eigenvalue weighted by molar-refractivity contribution is 6.32. The Hall–Kier alpha value is -4.17. The van der Waals surface area contributed by atoms with Gasteiger partial charge in [0.25, 0.3) is 5.69 Å². The zero-order chi connectivity index (χ0) is 24.8. The summed E-state index contributed by atoms with van der Waals surface area (Å²) in [6.07, 6.45) is 2.24. The summed E-state index contributed by atoms with van der Waals surface area (Å²) in [4.78, 5) is 26.9. The molecule has 0 fully saturated rings. The van der Waals surface area contributed by atoms with Crippen molar-refractivity contribution in [3.8, 4) is 11.5 Å². The van der Waals surface area contributed by atoms with Crippen molar-refractivity contribution >= 4 is 35.2 Å². The van der Waals surface area contributed by atoms with Gasteiger partial charge < -0.3 is 14.2 Å². The topological polar surface area (TPSA) is 100 Å². The number of carbonyl (C=O) groups excluding carboxylic acids is 1. The van der Waals surface area contributed by atoms with Gasteiger partial charge in [0, 0.05) is 24.1 Å². The van der Waals surface area contributed by atoms with Gasteiger partial charge in [-0.1, -0.05) is 41.9 Å². The van der Waals surface area contributed by atoms with Crippen LogP contribution in [-0.4, -0.2) is 30.0 Å². The third-order valence-electron chi connectivity index (χ3n) is 5.06. The summed E-state index contributed by atoms with van der Waals surface area (Å²) in [6, 6.07) is 18.9. The molecule has 0 saturated heterocycles. The van der Waals surface area contributed by atoms with E-state index in [1.165, 1.54) is 30.3 Å². The van der Waals surface area contributed by atoms with Gasteiger partial charge >= 0.3 is 5.97 Å². The van der Waals surface area contributed by atoms with Gasteiger partial charge in [-0.25, -0.2) is 9.79 Å². The van der Waals surface area contributed by atoms with Crippen LogP contribution in [0.1, 0.15) is 23.6 Å². The second-order valence-electron chi connectivity index (χ2n) is 7.49. The van der Waals surface area contributed by atoms with Gasteiger partial charge in [-0.2, -0.15) is 0 Å². The Labute approximate surface area is 206 Å². The van der Waals surface area contributed by atoms with Crippen molar-refractivity contribution in [1.82, 2.24) is 0 Å². The summed E-state index contributed by atoms with van der Waals surface area (Å²) in [5, 5.41) is 11.2. The molecule has 0 N–H and O–H groups in total. The molecule has 0 unspecified atom stereocenters. The van der Waals surface area contributed by atoms with Crippen LogP contribution in [0.15, 0.2) is 77.4 Å². The molecular weight excluding hydrogens is 472 g/mol. The first-order chi connectivity index (χ1) is 16.9. The van der Waals surface area contributed by atoms with E-state index in [2.05, 4.69) is 4.99 Å². The van der Waals surface area contributed by atoms with Crippen LogP contribution in [0.3, 0.4) is 0 Å². The molecule has 0 atom stereocenters. The fraction of sp³-hybridized carbons (Fsp3) is 0.154. The van der Waals surface area contributed by atoms with Crippen LogP contribution < -0.4 is 9.47 Å². The summed E-state index contributed by atoms with van der Waals surface area (Å²) in [6.45, 7) is 2.66. The quantitative estimate of drug-likeness (QED) is 0.166. The van der Waals surface area contributed by atoms with Crippen LogP contribution in [0.25, 0.3) is 6.08 Å². The summed E-state index contributed by atoms with van der Waals surface area (Å²) >= 11 is 6.50. The summed E-state index contributed by atoms with van der Waals surface area (Å²) in [7, 11) is 0. The number of aliphatic imine (C=N–C) groups is 1. The van der Waals surface area contributed by atoms with Crippen LogP contribution in [0.4, 0.5) is 5.69 Å². The van der Waals surface area contributed by atoms with Gasteiger partial charge in [-0.3, -0.25) is 10.1 Å². The van der Waals surface area contributed by atoms with Crippen molar-refractivity contribution < 1.29 is 23.9 Å². The number of nitrogens with zero attached hydrogens (tertiary/aromatic N) is 2. The number of ether oxygens (including phenoxy) is 3. The lowest BCUT2D eigenvalue weighted by Gasteiger charge is -2.14. The number of cyclic esters (lactones) is 1. The molecule has 1 aliphatic heterocycles. The van der Waals surface area contributed by atoms with Crippen molar-refractivity contribution in [2.45, 2.75) is 13.3 Å². The predicted molar refractivity (Wildman–Crippen MR) is 132 cm³/mol. The first-order valence-corrected chi connectivity index (χ1v) is 11.2. The molecule has 4 rings (SSSR count). The molecule has 0 spiro atoms. The fourth-order valence-corrected chi connectivity index (χ4v) is 3.68. The average molecular weight is 493 g/mol. The molecule has 0 aromatic heterocycles. The molecule has 178 valence electrons. The van der Waals surface area contributed by atoms with Gasteiger partial charge in [0.15, 0.2) is 17.2 Å². The lowest BCUT2D eigenvalue weighted by Crippen LogP contribution is -2.05. The molecule has 0 amide bonds. The zero-order valence-corrected chi connectivity index (χ0v) is 19.5. The molecule has 3 aromatic rings. The SMILES string of the molecule is CCOc1cc(/C=C2\N=C(c3ccc([N+](=O)[O-])cc3)OC2=O)cc(Cl)c1OCCc1ccccc1. The van der Waals surface area contributed by atoms with Gasteiger partial charge in [0.05, 0.1) is 23.2 Å². The van der Waals surface area contributed by atoms with Crippen LogP contribution in [0, 0.1) is 10.1 Å². The molecule has 0 saturated carbocycles. The number of rotatable bonds is 9. The number of nitro benzene ring substituents is 1. The minimum absolute atomic E-state index is 0.0631. The van der Waals surface area contributed by atoms with E-state index < -0.39 is 10.9 Å². The highest BCUT2D eigenvalue weighted by Crippen LogP contribution is 2.37. The lowest BCUT2D eigenvalue weighted by molar-refractivity contribution is -0.384. The monoisotopic (exact) mass is 492 g/mol. The summed E-state index contributed by atoms with van der Waals surface area (Å²) in [5.41, 5.74) is 2.16. The van der Waals surface area contributed by atoms with Crippen LogP contribution in [0.5, 0.6) is 11.5 Å². The second-order valence-corrected chi connectivity index (χ2v) is 7.89. The lowest BCUT2D eigenvalue weighted by atomic mass is 10.1. The van der Waals surface area contributed by atoms with Gasteiger partial charge in [-0.05, 0) is 48.4 Å². The average Bonchev–Trinajstić information content (AvgIpc) is 3.21. The number of hydrogen-bond donors (Lipinski definition) is 0. The first-order valence-electron chi connectivity index (χ1n) is 10.8. The van der Waals surface area contributed by atoms with Crippen molar-refractivity contribution in [1.29, 1.82) is 0 Å². The van der Waals surface area contributed by atoms with Crippen molar-refractivity contribution in [3.05, 3.63) is 104 Å². The number of esters is 1. The molecule has 8 nitrogen and oxygen atoms in total. The van der Waals surface area contributed by atoms with Gasteiger partial charge in [0.1, 0.15) is 0 Å². The molecule has 35 heavy (non-hydrogen) atoms. The van der Waals surface area contributed by atoms with Crippen LogP contribution in [-0.2, 0) is 16.0 Å². The van der Waals surface area contributed by atoms with E-state index >= 15 is 0 Å². The maximum absolute atomic E-state index is 12.4. The molecule has 9 heteroatoms. The minimum Gasteiger partial charge on any atom is -0.490 e. The van der Waals surface area contributed by atoms with E-state index in [0.717, 1.165) is 5.56 Å². The standard InChI is InChI=1S/C26H21ClN2O6/c1-2-33-23-16-18(14-21(27)24(23)34-13-12-17-6-4-3-5-7-17)15-22-26(30)35-25(28-22)19-8-10-20(11-9-19)29(31)32/h3-11,14-16H,2,12-13H2,1H3/b22-15-. The highest BCUT2D eigenvalue weighted by Gasteiger charge is 2.25. The maximum atomic E-state index is 12.4. The predicted octanol–water partition coefficient (Wildman–Crippen LogP) is 5.61. The van der Waals surface area contributed by atoms with E-state index in [0.29, 0.717) is 47.3 Å². The first kappa shape index (κ1) is 24.0. The van der Waals surface area contributed by atoms with Crippen molar-refractivity contribution in [2.24, 2.45) is 4.99 Å². The Morgan fingerprint density at radius 2 is 1.83 bits per heavy atom. The molecule has 0 radical (unpaired) electrons. The Morgan fingerprint density at radius 3 is 2.51 bits per heavy atom. The number of nitro groups is 1. The Balaban J connectivity index is 1.55. The van der Waals surface area contributed by atoms with E-state index in [1.54, 1.807) is 12.1 Å². The maximum Gasteiger partial charge on any atom is 0.363 e. The number of halogens is 1. The van der Waals surface area contributed by atoms with Crippen molar-refractivity contribution in [2.75, 3.05) is 13.2 Å². The summed E-state index contributed by atoms with van der Waals surface area (Å²) < 4.78 is 16.9. The molecule has 1 heterocycles. The second kappa shape index (κ2) is 10.8. The number of benzene rings is 3. The van der Waals surface area contributed by atoms with Crippen molar-refractivity contribution in [3.63, 3.8) is 0 Å². The van der Waals surface area contributed by atoms with E-state index in [1.807, 2.05) is 37.3 Å². The Kier molecular flexibility index (Phi) is 7.42.